The minimum atomic E-state index is -5.04. The average molecular weight is 563 g/mol. The molecule has 0 saturated carbocycles. The number of likely N-dealkylation sites (tertiary alicyclic amines) is 1. The van der Waals surface area contributed by atoms with Crippen LogP contribution in [0.4, 0.5) is 35.5 Å². The molecule has 0 radical (unpaired) electrons. The van der Waals surface area contributed by atoms with Crippen molar-refractivity contribution >= 4 is 12.0 Å². The molecule has 5 nitrogen and oxygen atoms in total. The average Bonchev–Trinajstić information content (AvgIpc) is 2.77. The lowest BCUT2D eigenvalue weighted by Gasteiger charge is -2.40. The fraction of sp³-hybridized carbons (Fsp3) is 0.481. The number of aryl methyl sites for hydroxylation is 1. The normalized spacial score (nSPS) is 18.6. The highest BCUT2D eigenvalue weighted by atomic mass is 19.4. The minimum Gasteiger partial charge on any atom is -0.444 e. The van der Waals surface area contributed by atoms with Crippen molar-refractivity contribution in [3.63, 3.8) is 0 Å². The van der Waals surface area contributed by atoms with E-state index in [0.717, 1.165) is 0 Å². The molecule has 2 aromatic carbocycles. The van der Waals surface area contributed by atoms with E-state index in [1.165, 1.54) is 23.1 Å². The summed E-state index contributed by atoms with van der Waals surface area (Å²) in [6.45, 7) is 7.05. The van der Waals surface area contributed by atoms with Crippen LogP contribution in [-0.2, 0) is 28.3 Å². The van der Waals surface area contributed by atoms with E-state index in [-0.39, 0.29) is 25.6 Å². The van der Waals surface area contributed by atoms with Gasteiger partial charge in [-0.1, -0.05) is 6.07 Å². The number of rotatable bonds is 4. The van der Waals surface area contributed by atoms with Crippen molar-refractivity contribution in [1.29, 1.82) is 0 Å². The van der Waals surface area contributed by atoms with Gasteiger partial charge >= 0.3 is 18.4 Å². The molecule has 0 aromatic heterocycles. The van der Waals surface area contributed by atoms with Crippen LogP contribution < -0.4 is 5.32 Å². The van der Waals surface area contributed by atoms with Gasteiger partial charge < -0.3 is 15.0 Å². The summed E-state index contributed by atoms with van der Waals surface area (Å²) in [6.07, 6.45) is -11.2. The number of hydrogen-bond donors (Lipinski definition) is 1. The number of amides is 2. The van der Waals surface area contributed by atoms with Gasteiger partial charge in [-0.2, -0.15) is 26.3 Å². The molecule has 3 rings (SSSR count). The zero-order valence-corrected chi connectivity index (χ0v) is 21.8. The third-order valence-electron chi connectivity index (χ3n) is 6.25. The predicted octanol–water partition coefficient (Wildman–Crippen LogP) is 6.62. The van der Waals surface area contributed by atoms with Gasteiger partial charge in [0.2, 0.25) is 5.91 Å². The van der Waals surface area contributed by atoms with E-state index >= 15 is 0 Å². The van der Waals surface area contributed by atoms with E-state index in [1.807, 2.05) is 0 Å². The van der Waals surface area contributed by atoms with E-state index in [1.54, 1.807) is 27.7 Å². The molecule has 2 aromatic rings. The van der Waals surface area contributed by atoms with Crippen LogP contribution in [0.1, 0.15) is 60.9 Å². The standard InChI is InChI=1S/C27H29F7N2O3/c1-15-9-19(28)5-6-20(15)21-14-36(24(38)39-25(2,3)4)8-7-22(21)35-23(37)12-16-10-17(26(29,30)31)13-18(11-16)27(32,33)34/h5-6,9-11,13,21-22H,7-8,12,14H2,1-4H3,(H,35,37)/t21-,22+/m1/s1. The maximum Gasteiger partial charge on any atom is 0.416 e. The van der Waals surface area contributed by atoms with Gasteiger partial charge in [-0.15, -0.1) is 0 Å². The Morgan fingerprint density at radius 3 is 2.08 bits per heavy atom. The first-order chi connectivity index (χ1) is 17.8. The van der Waals surface area contributed by atoms with E-state index in [2.05, 4.69) is 5.32 Å². The van der Waals surface area contributed by atoms with Crippen molar-refractivity contribution in [3.8, 4) is 0 Å². The molecule has 1 N–H and O–H groups in total. The number of halogens is 7. The highest BCUT2D eigenvalue weighted by Gasteiger charge is 2.38. The monoisotopic (exact) mass is 562 g/mol. The van der Waals surface area contributed by atoms with Crippen LogP contribution in [0.15, 0.2) is 36.4 Å². The number of carbonyl (C=O) groups excluding carboxylic acids is 2. The molecule has 0 spiro atoms. The molecule has 1 heterocycles. The number of nitrogens with zero attached hydrogens (tertiary/aromatic N) is 1. The highest BCUT2D eigenvalue weighted by Crippen LogP contribution is 2.37. The van der Waals surface area contributed by atoms with Crippen molar-refractivity contribution < 1.29 is 45.1 Å². The van der Waals surface area contributed by atoms with Gasteiger partial charge in [0.25, 0.3) is 0 Å². The molecule has 0 bridgehead atoms. The zero-order chi connectivity index (χ0) is 29.3. The lowest BCUT2D eigenvalue weighted by atomic mass is 9.83. The third-order valence-corrected chi connectivity index (χ3v) is 6.25. The maximum absolute atomic E-state index is 13.8. The van der Waals surface area contributed by atoms with Crippen molar-refractivity contribution in [2.75, 3.05) is 13.1 Å². The van der Waals surface area contributed by atoms with Crippen LogP contribution in [0.3, 0.4) is 0 Å². The summed E-state index contributed by atoms with van der Waals surface area (Å²) in [6, 6.07) is 4.45. The van der Waals surface area contributed by atoms with Crippen molar-refractivity contribution in [1.82, 2.24) is 10.2 Å². The number of ether oxygens (including phenoxy) is 1. The first-order valence-corrected chi connectivity index (χ1v) is 12.1. The van der Waals surface area contributed by atoms with E-state index < -0.39 is 70.8 Å². The number of nitrogens with one attached hydrogen (secondary N) is 1. The summed E-state index contributed by atoms with van der Waals surface area (Å²) < 4.78 is 98.5. The van der Waals surface area contributed by atoms with Crippen molar-refractivity contribution in [2.45, 2.75) is 70.4 Å². The van der Waals surface area contributed by atoms with E-state index in [9.17, 15) is 40.3 Å². The second kappa shape index (κ2) is 11.1. The quantitative estimate of drug-likeness (QED) is 0.426. The van der Waals surface area contributed by atoms with Crippen LogP contribution in [0.5, 0.6) is 0 Å². The van der Waals surface area contributed by atoms with Gasteiger partial charge in [-0.3, -0.25) is 4.79 Å². The van der Waals surface area contributed by atoms with Gasteiger partial charge in [0.05, 0.1) is 17.5 Å². The molecule has 12 heteroatoms. The summed E-state index contributed by atoms with van der Waals surface area (Å²) >= 11 is 0. The Bertz CT molecular complexity index is 1190. The first kappa shape index (κ1) is 30.2. The third kappa shape index (κ3) is 8.09. The Balaban J connectivity index is 1.86. The van der Waals surface area contributed by atoms with E-state index in [4.69, 9.17) is 4.74 Å². The zero-order valence-electron chi connectivity index (χ0n) is 21.8. The van der Waals surface area contributed by atoms with Crippen LogP contribution in [0.25, 0.3) is 0 Å². The molecule has 1 fully saturated rings. The minimum absolute atomic E-state index is 0.00113. The second-order valence-electron chi connectivity index (χ2n) is 10.6. The smallest absolute Gasteiger partial charge is 0.416 e. The topological polar surface area (TPSA) is 58.6 Å². The SMILES string of the molecule is Cc1cc(F)ccc1[C@H]1CN(C(=O)OC(C)(C)C)CC[C@@H]1NC(=O)Cc1cc(C(F)(F)F)cc(C(F)(F)F)c1. The van der Waals surface area contributed by atoms with Gasteiger partial charge in [-0.05, 0) is 81.1 Å². The molecule has 1 aliphatic heterocycles. The van der Waals surface area contributed by atoms with Crippen molar-refractivity contribution in [2.24, 2.45) is 0 Å². The maximum atomic E-state index is 13.8. The summed E-state index contributed by atoms with van der Waals surface area (Å²) in [5.41, 5.74) is -3.04. The second-order valence-corrected chi connectivity index (χ2v) is 10.6. The molecule has 39 heavy (non-hydrogen) atoms. The number of alkyl halides is 6. The Morgan fingerprint density at radius 2 is 1.56 bits per heavy atom. The number of hydrogen-bond acceptors (Lipinski definition) is 3. The summed E-state index contributed by atoms with van der Waals surface area (Å²) in [5.74, 6) is -1.81. The molecule has 2 amide bonds. The highest BCUT2D eigenvalue weighted by molar-refractivity contribution is 5.79. The molecule has 0 aliphatic carbocycles. The van der Waals surface area contributed by atoms with Gasteiger partial charge in [0, 0.05) is 25.0 Å². The fourth-order valence-electron chi connectivity index (χ4n) is 4.55. The molecule has 0 unspecified atom stereocenters. The first-order valence-electron chi connectivity index (χ1n) is 12.1. The summed E-state index contributed by atoms with van der Waals surface area (Å²) in [7, 11) is 0. The fourth-order valence-corrected chi connectivity index (χ4v) is 4.55. The number of benzene rings is 2. The Morgan fingerprint density at radius 1 is 0.974 bits per heavy atom. The predicted molar refractivity (Wildman–Crippen MR) is 128 cm³/mol. The molecular formula is C27H29F7N2O3. The van der Waals surface area contributed by atoms with Gasteiger partial charge in [-0.25, -0.2) is 9.18 Å². The Labute approximate surface area is 221 Å². The van der Waals surface area contributed by atoms with E-state index in [0.29, 0.717) is 23.3 Å². The lowest BCUT2D eigenvalue weighted by Crippen LogP contribution is -2.52. The molecular weight excluding hydrogens is 533 g/mol. The molecule has 2 atom stereocenters. The number of piperidine rings is 1. The largest absolute Gasteiger partial charge is 0.444 e. The van der Waals surface area contributed by atoms with Crippen LogP contribution in [0, 0.1) is 12.7 Å². The van der Waals surface area contributed by atoms with Gasteiger partial charge in [0.1, 0.15) is 11.4 Å². The summed E-state index contributed by atoms with van der Waals surface area (Å²) in [4.78, 5) is 27.0. The molecule has 1 saturated heterocycles. The molecule has 214 valence electrons. The Kier molecular flexibility index (Phi) is 8.57. The molecule has 1 aliphatic rings. The van der Waals surface area contributed by atoms with Crippen molar-refractivity contribution in [3.05, 3.63) is 70.0 Å². The van der Waals surface area contributed by atoms with Crippen LogP contribution in [-0.4, -0.2) is 41.6 Å². The van der Waals surface area contributed by atoms with Crippen LogP contribution >= 0.6 is 0 Å². The Hall–Kier alpha value is -3.31. The lowest BCUT2D eigenvalue weighted by molar-refractivity contribution is -0.143. The van der Waals surface area contributed by atoms with Crippen LogP contribution in [0.2, 0.25) is 0 Å². The number of carbonyl (C=O) groups is 2. The summed E-state index contributed by atoms with van der Waals surface area (Å²) in [5, 5.41) is 2.71. The van der Waals surface area contributed by atoms with Gasteiger partial charge in [0.15, 0.2) is 0 Å².